The normalized spacial score (nSPS) is 10.7. The molecule has 0 saturated carbocycles. The Kier molecular flexibility index (Phi) is 8.42. The fourth-order valence-electron chi connectivity index (χ4n) is 2.47. The number of hydrogen-bond acceptors (Lipinski definition) is 6. The number of hydrogen-bond donors (Lipinski definition) is 4. The maximum Gasteiger partial charge on any atom is 0.344 e. The van der Waals surface area contributed by atoms with Crippen LogP contribution < -0.4 is 21.1 Å². The molecule has 0 spiro atoms. The lowest BCUT2D eigenvalue weighted by molar-refractivity contribution is 0.0693. The van der Waals surface area contributed by atoms with E-state index < -0.39 is 53.1 Å². The van der Waals surface area contributed by atoms with Crippen LogP contribution in [-0.2, 0) is 6.61 Å². The molecule has 1 aromatic heterocycles. The van der Waals surface area contributed by atoms with Crippen molar-refractivity contribution in [2.24, 2.45) is 5.73 Å². The summed E-state index contributed by atoms with van der Waals surface area (Å²) in [5.41, 5.74) is 3.98. The summed E-state index contributed by atoms with van der Waals surface area (Å²) < 4.78 is 50.4. The summed E-state index contributed by atoms with van der Waals surface area (Å²) >= 11 is 0.623. The molecule has 0 atom stereocenters. The standard InChI is InChI=1S/C18H21F3N4O4S/c1-9-7-11(19)10(14(21)13(9)20)8-29-15-12(17(26)27)16(30-25-15)24-18(28)23-6-4-2-3-5-22/h7H,2-6,8,22H2,1H3,(H,26,27)(H2,23,24,28). The second-order valence-electron chi connectivity index (χ2n) is 6.30. The van der Waals surface area contributed by atoms with E-state index in [9.17, 15) is 27.9 Å². The summed E-state index contributed by atoms with van der Waals surface area (Å²) in [4.78, 5) is 23.5. The Hall–Kier alpha value is -2.86. The summed E-state index contributed by atoms with van der Waals surface area (Å²) in [5, 5.41) is 14.2. The Balaban J connectivity index is 2.07. The van der Waals surface area contributed by atoms with Crippen molar-refractivity contribution in [1.82, 2.24) is 9.69 Å². The van der Waals surface area contributed by atoms with Crippen molar-refractivity contribution >= 4 is 28.5 Å². The van der Waals surface area contributed by atoms with Crippen LogP contribution in [0.5, 0.6) is 5.88 Å². The van der Waals surface area contributed by atoms with E-state index in [0.29, 0.717) is 31.0 Å². The molecule has 2 rings (SSSR count). The van der Waals surface area contributed by atoms with Crippen molar-refractivity contribution < 1.29 is 32.6 Å². The van der Waals surface area contributed by atoms with E-state index in [0.717, 1.165) is 18.9 Å². The van der Waals surface area contributed by atoms with Crippen molar-refractivity contribution in [3.05, 3.63) is 40.2 Å². The number of halogens is 3. The van der Waals surface area contributed by atoms with Gasteiger partial charge in [-0.3, -0.25) is 5.32 Å². The Bertz CT molecular complexity index is 923. The van der Waals surface area contributed by atoms with Crippen LogP contribution in [-0.4, -0.2) is 34.6 Å². The molecule has 8 nitrogen and oxygen atoms in total. The molecule has 0 unspecified atom stereocenters. The van der Waals surface area contributed by atoms with Crippen LogP contribution in [0.2, 0.25) is 0 Å². The zero-order valence-electron chi connectivity index (χ0n) is 16.1. The van der Waals surface area contributed by atoms with Gasteiger partial charge in [0.05, 0.1) is 5.56 Å². The minimum absolute atomic E-state index is 0.118. The summed E-state index contributed by atoms with van der Waals surface area (Å²) in [6, 6.07) is 0.166. The molecule has 0 radical (unpaired) electrons. The maximum absolute atomic E-state index is 14.0. The lowest BCUT2D eigenvalue weighted by atomic mass is 10.1. The van der Waals surface area contributed by atoms with Crippen molar-refractivity contribution in [3.63, 3.8) is 0 Å². The molecule has 0 fully saturated rings. The average Bonchev–Trinajstić information content (AvgIpc) is 3.08. The monoisotopic (exact) mass is 446 g/mol. The number of aromatic carboxylic acids is 1. The van der Waals surface area contributed by atoms with E-state index in [2.05, 4.69) is 15.0 Å². The second kappa shape index (κ2) is 10.8. The molecule has 12 heteroatoms. The Labute approximate surface area is 174 Å². The van der Waals surface area contributed by atoms with Gasteiger partial charge in [0, 0.05) is 6.54 Å². The number of amides is 2. The number of aromatic nitrogens is 1. The van der Waals surface area contributed by atoms with E-state index in [-0.39, 0.29) is 10.6 Å². The van der Waals surface area contributed by atoms with Gasteiger partial charge in [-0.15, -0.1) is 0 Å². The summed E-state index contributed by atoms with van der Waals surface area (Å²) in [5.74, 6) is -5.60. The zero-order valence-corrected chi connectivity index (χ0v) is 16.9. The number of rotatable bonds is 10. The molecule has 1 heterocycles. The fraction of sp³-hybridized carbons (Fsp3) is 0.389. The first kappa shape index (κ1) is 23.4. The number of carboxylic acids is 1. The van der Waals surface area contributed by atoms with E-state index >= 15 is 0 Å². The number of ether oxygens (including phenoxy) is 1. The molecule has 2 amide bonds. The molecular formula is C18H21F3N4O4S. The van der Waals surface area contributed by atoms with Gasteiger partial charge in [0.25, 0.3) is 0 Å². The number of carbonyl (C=O) groups excluding carboxylic acids is 1. The molecule has 164 valence electrons. The number of anilines is 1. The molecule has 5 N–H and O–H groups in total. The van der Waals surface area contributed by atoms with E-state index in [4.69, 9.17) is 10.5 Å². The number of urea groups is 1. The van der Waals surface area contributed by atoms with Gasteiger partial charge in [0.2, 0.25) is 5.88 Å². The number of carbonyl (C=O) groups is 2. The van der Waals surface area contributed by atoms with Gasteiger partial charge < -0.3 is 20.9 Å². The number of benzene rings is 1. The number of carboxylic acid groups (broad SMARTS) is 1. The number of nitrogens with one attached hydrogen (secondary N) is 2. The van der Waals surface area contributed by atoms with Gasteiger partial charge in [-0.05, 0) is 49.5 Å². The molecular weight excluding hydrogens is 425 g/mol. The third-order valence-electron chi connectivity index (χ3n) is 4.06. The van der Waals surface area contributed by atoms with E-state index in [1.54, 1.807) is 0 Å². The van der Waals surface area contributed by atoms with Crippen LogP contribution in [0.25, 0.3) is 0 Å². The van der Waals surface area contributed by atoms with Crippen molar-refractivity contribution in [2.75, 3.05) is 18.4 Å². The molecule has 30 heavy (non-hydrogen) atoms. The predicted molar refractivity (Wildman–Crippen MR) is 104 cm³/mol. The van der Waals surface area contributed by atoms with Crippen LogP contribution in [0.1, 0.15) is 40.7 Å². The van der Waals surface area contributed by atoms with Crippen LogP contribution >= 0.6 is 11.5 Å². The van der Waals surface area contributed by atoms with Gasteiger partial charge in [-0.25, -0.2) is 22.8 Å². The topological polar surface area (TPSA) is 127 Å². The second-order valence-corrected chi connectivity index (χ2v) is 7.07. The Morgan fingerprint density at radius 1 is 1.23 bits per heavy atom. The van der Waals surface area contributed by atoms with Gasteiger partial charge in [-0.2, -0.15) is 4.37 Å². The maximum atomic E-state index is 14.0. The summed E-state index contributed by atoms with van der Waals surface area (Å²) in [6.45, 7) is 1.34. The number of nitrogens with two attached hydrogens (primary N) is 1. The summed E-state index contributed by atoms with van der Waals surface area (Å²) in [6.07, 6.45) is 2.37. The minimum atomic E-state index is -1.46. The molecule has 1 aromatic carbocycles. The quantitative estimate of drug-likeness (QED) is 0.327. The number of nitrogens with zero attached hydrogens (tertiary/aromatic N) is 1. The highest BCUT2D eigenvalue weighted by Crippen LogP contribution is 2.31. The first-order valence-electron chi connectivity index (χ1n) is 8.99. The predicted octanol–water partition coefficient (Wildman–Crippen LogP) is 3.40. The number of unbranched alkanes of at least 4 members (excludes halogenated alkanes) is 2. The van der Waals surface area contributed by atoms with Gasteiger partial charge in [0.15, 0.2) is 17.2 Å². The Morgan fingerprint density at radius 2 is 1.97 bits per heavy atom. The first-order valence-corrected chi connectivity index (χ1v) is 9.77. The average molecular weight is 446 g/mol. The largest absolute Gasteiger partial charge is 0.477 e. The fourth-order valence-corrected chi connectivity index (χ4v) is 3.19. The highest BCUT2D eigenvalue weighted by Gasteiger charge is 2.25. The first-order chi connectivity index (χ1) is 14.3. The van der Waals surface area contributed by atoms with Gasteiger partial charge >= 0.3 is 12.0 Å². The molecule has 0 aliphatic rings. The van der Waals surface area contributed by atoms with Gasteiger partial charge in [0.1, 0.15) is 17.4 Å². The number of aryl methyl sites for hydroxylation is 1. The van der Waals surface area contributed by atoms with Crippen LogP contribution in [0.3, 0.4) is 0 Å². The zero-order chi connectivity index (χ0) is 22.3. The van der Waals surface area contributed by atoms with Crippen molar-refractivity contribution in [2.45, 2.75) is 32.8 Å². The molecule has 0 aliphatic carbocycles. The SMILES string of the molecule is Cc1cc(F)c(COc2nsc(NC(=O)NCCCCCN)c2C(=O)O)c(F)c1F. The molecule has 0 saturated heterocycles. The van der Waals surface area contributed by atoms with Crippen molar-refractivity contribution in [1.29, 1.82) is 0 Å². The van der Waals surface area contributed by atoms with Crippen LogP contribution in [0.4, 0.5) is 23.0 Å². The molecule has 0 aliphatic heterocycles. The highest BCUT2D eigenvalue weighted by atomic mass is 32.1. The van der Waals surface area contributed by atoms with E-state index in [1.165, 1.54) is 6.92 Å². The lowest BCUT2D eigenvalue weighted by Gasteiger charge is -2.09. The lowest BCUT2D eigenvalue weighted by Crippen LogP contribution is -2.29. The third-order valence-corrected chi connectivity index (χ3v) is 4.80. The van der Waals surface area contributed by atoms with Gasteiger partial charge in [-0.1, -0.05) is 6.42 Å². The molecule has 0 bridgehead atoms. The third kappa shape index (κ3) is 5.83. The Morgan fingerprint density at radius 3 is 2.63 bits per heavy atom. The van der Waals surface area contributed by atoms with Crippen LogP contribution in [0.15, 0.2) is 6.07 Å². The molecule has 2 aromatic rings. The minimum Gasteiger partial charge on any atom is -0.477 e. The van der Waals surface area contributed by atoms with E-state index in [1.807, 2.05) is 0 Å². The van der Waals surface area contributed by atoms with Crippen molar-refractivity contribution in [3.8, 4) is 5.88 Å². The smallest absolute Gasteiger partial charge is 0.344 e. The summed E-state index contributed by atoms with van der Waals surface area (Å²) in [7, 11) is 0. The highest BCUT2D eigenvalue weighted by molar-refractivity contribution is 7.11. The van der Waals surface area contributed by atoms with Crippen LogP contribution in [0, 0.1) is 24.4 Å².